The minimum Gasteiger partial charge on any atom is -0.493 e. The van der Waals surface area contributed by atoms with Gasteiger partial charge in [-0.3, -0.25) is 0 Å². The molecule has 0 saturated heterocycles. The summed E-state index contributed by atoms with van der Waals surface area (Å²) in [5.41, 5.74) is 0.781. The normalized spacial score (nSPS) is 15.7. The smallest absolute Gasteiger partial charge is 0.175 e. The van der Waals surface area contributed by atoms with Gasteiger partial charge in [0.05, 0.1) is 30.9 Å². The van der Waals surface area contributed by atoms with Crippen LogP contribution in [0.25, 0.3) is 0 Å². The summed E-state index contributed by atoms with van der Waals surface area (Å²) in [6.45, 7) is 0.474. The number of methoxy groups -OCH3 is 1. The van der Waals surface area contributed by atoms with Crippen molar-refractivity contribution in [3.8, 4) is 17.6 Å². The highest BCUT2D eigenvalue weighted by molar-refractivity contribution is 9.10. The highest BCUT2D eigenvalue weighted by atomic mass is 79.9. The molecule has 2 rings (SSSR count). The molecule has 1 aromatic carbocycles. The summed E-state index contributed by atoms with van der Waals surface area (Å²) in [6, 6.07) is 5.77. The molecule has 1 fully saturated rings. The van der Waals surface area contributed by atoms with Crippen LogP contribution in [0.15, 0.2) is 16.6 Å². The molecule has 102 valence electrons. The van der Waals surface area contributed by atoms with Gasteiger partial charge in [-0.25, -0.2) is 0 Å². The predicted molar refractivity (Wildman–Crippen MR) is 74.0 cm³/mol. The van der Waals surface area contributed by atoms with E-state index < -0.39 is 0 Å². The molecule has 0 aliphatic heterocycles. The second kappa shape index (κ2) is 5.81. The Bertz CT molecular complexity index is 506. The number of aliphatic hydroxyl groups is 1. The monoisotopic (exact) mass is 325 g/mol. The lowest BCUT2D eigenvalue weighted by atomic mass is 10.1. The average molecular weight is 326 g/mol. The zero-order valence-corrected chi connectivity index (χ0v) is 12.4. The fraction of sp³-hybridized carbons (Fsp3) is 0.500. The zero-order valence-electron chi connectivity index (χ0n) is 10.8. The van der Waals surface area contributed by atoms with Crippen molar-refractivity contribution < 1.29 is 14.6 Å². The second-order valence-electron chi connectivity index (χ2n) is 4.89. The molecule has 1 aromatic rings. The molecule has 0 heterocycles. The van der Waals surface area contributed by atoms with Crippen LogP contribution in [0.5, 0.6) is 11.5 Å². The van der Waals surface area contributed by atoms with Gasteiger partial charge in [-0.05, 0) is 46.5 Å². The predicted octanol–water partition coefficient (Wildman–Crippen LogP) is 3.02. The maximum absolute atomic E-state index is 9.16. The third-order valence-corrected chi connectivity index (χ3v) is 3.99. The van der Waals surface area contributed by atoms with Gasteiger partial charge in [-0.1, -0.05) is 0 Å². The lowest BCUT2D eigenvalue weighted by Gasteiger charge is -2.17. The lowest BCUT2D eigenvalue weighted by molar-refractivity contribution is 0.225. The van der Waals surface area contributed by atoms with Crippen LogP contribution in [0.2, 0.25) is 0 Å². The van der Waals surface area contributed by atoms with Crippen LogP contribution in [-0.2, 0) is 6.61 Å². The molecule has 1 N–H and O–H groups in total. The maximum atomic E-state index is 9.16. The van der Waals surface area contributed by atoms with E-state index in [1.807, 2.05) is 6.07 Å². The molecule has 0 aromatic heterocycles. The first-order valence-electron chi connectivity index (χ1n) is 6.11. The minimum absolute atomic E-state index is 0.0227. The quantitative estimate of drug-likeness (QED) is 0.873. The van der Waals surface area contributed by atoms with Crippen LogP contribution >= 0.6 is 15.9 Å². The van der Waals surface area contributed by atoms with Gasteiger partial charge < -0.3 is 14.6 Å². The standard InChI is InChI=1S/C14H16BrNO3/c1-18-12-7-10(8-17)6-11(15)13(12)19-9-14(2-3-14)4-5-16/h6-7,17H,2-4,8-9H2,1H3. The van der Waals surface area contributed by atoms with Crippen molar-refractivity contribution in [1.82, 2.24) is 0 Å². The molecule has 5 heteroatoms. The SMILES string of the molecule is COc1cc(CO)cc(Br)c1OCC1(CC#N)CC1. The van der Waals surface area contributed by atoms with Crippen LogP contribution in [0, 0.1) is 16.7 Å². The number of hydrogen-bond acceptors (Lipinski definition) is 4. The van der Waals surface area contributed by atoms with Gasteiger partial charge in [-0.2, -0.15) is 5.26 Å². The summed E-state index contributed by atoms with van der Waals surface area (Å²) in [5.74, 6) is 1.22. The van der Waals surface area contributed by atoms with E-state index in [0.717, 1.165) is 22.9 Å². The van der Waals surface area contributed by atoms with Crippen LogP contribution in [-0.4, -0.2) is 18.8 Å². The third-order valence-electron chi connectivity index (χ3n) is 3.41. The molecule has 0 radical (unpaired) electrons. The van der Waals surface area contributed by atoms with E-state index in [-0.39, 0.29) is 12.0 Å². The second-order valence-corrected chi connectivity index (χ2v) is 5.75. The number of hydrogen-bond donors (Lipinski definition) is 1. The molecular formula is C14H16BrNO3. The Kier molecular flexibility index (Phi) is 4.33. The van der Waals surface area contributed by atoms with Crippen LogP contribution in [0.1, 0.15) is 24.8 Å². The molecule has 0 atom stereocenters. The number of aliphatic hydroxyl groups excluding tert-OH is 1. The van der Waals surface area contributed by atoms with Crippen LogP contribution in [0.4, 0.5) is 0 Å². The van der Waals surface area contributed by atoms with Crippen molar-refractivity contribution in [2.24, 2.45) is 5.41 Å². The summed E-state index contributed by atoms with van der Waals surface area (Å²) in [6.07, 6.45) is 2.60. The van der Waals surface area contributed by atoms with E-state index in [0.29, 0.717) is 24.5 Å². The third kappa shape index (κ3) is 3.20. The average Bonchev–Trinajstić information content (AvgIpc) is 3.17. The Balaban J connectivity index is 2.14. The first-order chi connectivity index (χ1) is 9.14. The summed E-state index contributed by atoms with van der Waals surface area (Å²) in [4.78, 5) is 0. The molecule has 0 amide bonds. The molecule has 1 aliphatic carbocycles. The number of benzene rings is 1. The Labute approximate surface area is 121 Å². The highest BCUT2D eigenvalue weighted by Crippen LogP contribution is 2.49. The molecular weight excluding hydrogens is 310 g/mol. The Morgan fingerprint density at radius 1 is 1.47 bits per heavy atom. The first-order valence-corrected chi connectivity index (χ1v) is 6.90. The van der Waals surface area contributed by atoms with Crippen molar-refractivity contribution in [1.29, 1.82) is 5.26 Å². The summed E-state index contributed by atoms with van der Waals surface area (Å²) in [5, 5.41) is 18.0. The van der Waals surface area contributed by atoms with Gasteiger partial charge in [0.15, 0.2) is 11.5 Å². The van der Waals surface area contributed by atoms with E-state index in [4.69, 9.17) is 19.8 Å². The van der Waals surface area contributed by atoms with E-state index in [9.17, 15) is 0 Å². The Morgan fingerprint density at radius 2 is 2.21 bits per heavy atom. The van der Waals surface area contributed by atoms with Gasteiger partial charge in [0.1, 0.15) is 0 Å². The molecule has 0 bridgehead atoms. The minimum atomic E-state index is -0.0480. The summed E-state index contributed by atoms with van der Waals surface area (Å²) < 4.78 is 11.9. The van der Waals surface area contributed by atoms with Crippen molar-refractivity contribution in [2.75, 3.05) is 13.7 Å². The van der Waals surface area contributed by atoms with Crippen LogP contribution < -0.4 is 9.47 Å². The van der Waals surface area contributed by atoms with Crippen LogP contribution in [0.3, 0.4) is 0 Å². The van der Waals surface area contributed by atoms with Gasteiger partial charge >= 0.3 is 0 Å². The number of halogens is 1. The van der Waals surface area contributed by atoms with E-state index in [1.165, 1.54) is 0 Å². The number of nitrogens with zero attached hydrogens (tertiary/aromatic N) is 1. The maximum Gasteiger partial charge on any atom is 0.175 e. The topological polar surface area (TPSA) is 62.5 Å². The Morgan fingerprint density at radius 3 is 2.74 bits per heavy atom. The first kappa shape index (κ1) is 14.2. The van der Waals surface area contributed by atoms with Gasteiger partial charge in [0, 0.05) is 11.8 Å². The summed E-state index contributed by atoms with van der Waals surface area (Å²) >= 11 is 3.43. The van der Waals surface area contributed by atoms with E-state index >= 15 is 0 Å². The van der Waals surface area contributed by atoms with E-state index in [1.54, 1.807) is 13.2 Å². The molecule has 0 spiro atoms. The van der Waals surface area contributed by atoms with Gasteiger partial charge in [-0.15, -0.1) is 0 Å². The number of nitriles is 1. The fourth-order valence-corrected chi connectivity index (χ4v) is 2.55. The van der Waals surface area contributed by atoms with Gasteiger partial charge in [0.2, 0.25) is 0 Å². The highest BCUT2D eigenvalue weighted by Gasteiger charge is 2.43. The summed E-state index contributed by atoms with van der Waals surface area (Å²) in [7, 11) is 1.57. The molecule has 4 nitrogen and oxygen atoms in total. The van der Waals surface area contributed by atoms with Crippen molar-refractivity contribution >= 4 is 15.9 Å². The largest absolute Gasteiger partial charge is 0.493 e. The fourth-order valence-electron chi connectivity index (χ4n) is 1.95. The van der Waals surface area contributed by atoms with Gasteiger partial charge in [0.25, 0.3) is 0 Å². The Hall–Kier alpha value is -1.25. The van der Waals surface area contributed by atoms with E-state index in [2.05, 4.69) is 22.0 Å². The molecule has 1 aliphatic rings. The van der Waals surface area contributed by atoms with Crippen molar-refractivity contribution in [2.45, 2.75) is 25.9 Å². The number of ether oxygens (including phenoxy) is 2. The van der Waals surface area contributed by atoms with Crippen molar-refractivity contribution in [3.63, 3.8) is 0 Å². The number of rotatable bonds is 6. The molecule has 1 saturated carbocycles. The lowest BCUT2D eigenvalue weighted by Crippen LogP contribution is -2.13. The zero-order chi connectivity index (χ0) is 13.9. The molecule has 19 heavy (non-hydrogen) atoms. The van der Waals surface area contributed by atoms with Crippen molar-refractivity contribution in [3.05, 3.63) is 22.2 Å². The molecule has 0 unspecified atom stereocenters.